The maximum absolute atomic E-state index is 13.8. The lowest BCUT2D eigenvalue weighted by Crippen LogP contribution is -2.47. The summed E-state index contributed by atoms with van der Waals surface area (Å²) in [4.78, 5) is 42.2. The highest BCUT2D eigenvalue weighted by Crippen LogP contribution is 2.33. The lowest BCUT2D eigenvalue weighted by molar-refractivity contribution is -0.126. The second kappa shape index (κ2) is 14.1. The average molecular weight is 570 g/mol. The van der Waals surface area contributed by atoms with Gasteiger partial charge in [0, 0.05) is 28.4 Å². The maximum atomic E-state index is 13.8. The molecule has 0 unspecified atom stereocenters. The van der Waals surface area contributed by atoms with Crippen molar-refractivity contribution in [3.63, 3.8) is 0 Å². The smallest absolute Gasteiger partial charge is 0.248 e. The first kappa shape index (κ1) is 28.6. The quantitative estimate of drug-likeness (QED) is 0.305. The molecule has 1 atom stereocenters. The van der Waals surface area contributed by atoms with Gasteiger partial charge in [-0.2, -0.15) is 0 Å². The number of thioether (sulfide) groups is 1. The number of amides is 3. The van der Waals surface area contributed by atoms with E-state index in [1.165, 1.54) is 46.9 Å². The molecule has 0 radical (unpaired) electrons. The van der Waals surface area contributed by atoms with Crippen LogP contribution in [0.5, 0.6) is 5.75 Å². The number of benzene rings is 2. The van der Waals surface area contributed by atoms with Crippen LogP contribution in [-0.2, 0) is 14.4 Å². The third kappa shape index (κ3) is 8.06. The molecule has 0 spiro atoms. The second-order valence-electron chi connectivity index (χ2n) is 9.27. The van der Waals surface area contributed by atoms with Gasteiger partial charge in [-0.3, -0.25) is 19.3 Å². The molecule has 1 aliphatic rings. The maximum Gasteiger partial charge on any atom is 0.248 e. The summed E-state index contributed by atoms with van der Waals surface area (Å²) in [5.74, 6) is -0.663. The van der Waals surface area contributed by atoms with Crippen LogP contribution in [0.2, 0.25) is 0 Å². The fraction of sp³-hybridized carbons (Fsp3) is 0.345. The first-order valence-corrected chi connectivity index (χ1v) is 14.9. The molecular formula is C29H32FN3O4S2. The molecule has 1 fully saturated rings. The Morgan fingerprint density at radius 3 is 2.51 bits per heavy atom. The van der Waals surface area contributed by atoms with Crippen LogP contribution >= 0.6 is 23.1 Å². The zero-order valence-corrected chi connectivity index (χ0v) is 23.4. The molecule has 206 valence electrons. The van der Waals surface area contributed by atoms with Crippen molar-refractivity contribution in [1.82, 2.24) is 5.32 Å². The number of thiophene rings is 1. The molecule has 2 N–H and O–H groups in total. The summed E-state index contributed by atoms with van der Waals surface area (Å²) in [6.45, 7) is 0. The van der Waals surface area contributed by atoms with Gasteiger partial charge in [-0.1, -0.05) is 31.4 Å². The number of methoxy groups -OCH3 is 1. The van der Waals surface area contributed by atoms with Crippen LogP contribution in [0.3, 0.4) is 0 Å². The summed E-state index contributed by atoms with van der Waals surface area (Å²) in [6.07, 6.45) is 5.17. The van der Waals surface area contributed by atoms with E-state index in [1.54, 1.807) is 31.4 Å². The first-order chi connectivity index (χ1) is 18.9. The number of hydrogen-bond acceptors (Lipinski definition) is 6. The van der Waals surface area contributed by atoms with Crippen LogP contribution in [0.4, 0.5) is 15.8 Å². The number of halogens is 1. The molecule has 0 aliphatic heterocycles. The minimum atomic E-state index is -0.861. The van der Waals surface area contributed by atoms with Crippen LogP contribution in [0.15, 0.2) is 66.0 Å². The van der Waals surface area contributed by atoms with E-state index in [0.717, 1.165) is 42.3 Å². The van der Waals surface area contributed by atoms with Crippen molar-refractivity contribution in [3.05, 3.63) is 76.7 Å². The van der Waals surface area contributed by atoms with Crippen LogP contribution in [-0.4, -0.2) is 42.4 Å². The molecule has 10 heteroatoms. The van der Waals surface area contributed by atoms with Crippen molar-refractivity contribution in [2.24, 2.45) is 0 Å². The van der Waals surface area contributed by atoms with Gasteiger partial charge >= 0.3 is 0 Å². The monoisotopic (exact) mass is 569 g/mol. The predicted molar refractivity (Wildman–Crippen MR) is 155 cm³/mol. The Morgan fingerprint density at radius 2 is 1.82 bits per heavy atom. The SMILES string of the molecule is COc1cccc(N(C(=O)CSCC(=O)Nc2ccc(F)cc2)[C@H](C(=O)NC2CCCCC2)c2cccs2)c1. The second-order valence-corrected chi connectivity index (χ2v) is 11.2. The summed E-state index contributed by atoms with van der Waals surface area (Å²) >= 11 is 2.57. The third-order valence-corrected chi connectivity index (χ3v) is 8.30. The highest BCUT2D eigenvalue weighted by Gasteiger charge is 2.35. The Hall–Kier alpha value is -3.37. The molecular weight excluding hydrogens is 537 g/mol. The molecule has 39 heavy (non-hydrogen) atoms. The summed E-state index contributed by atoms with van der Waals surface area (Å²) in [6, 6.07) is 15.5. The highest BCUT2D eigenvalue weighted by molar-refractivity contribution is 8.00. The van der Waals surface area contributed by atoms with E-state index in [-0.39, 0.29) is 35.3 Å². The molecule has 1 saturated carbocycles. The molecule has 1 aromatic heterocycles. The summed E-state index contributed by atoms with van der Waals surface area (Å²) < 4.78 is 18.5. The largest absolute Gasteiger partial charge is 0.497 e. The van der Waals surface area contributed by atoms with Crippen molar-refractivity contribution in [2.75, 3.05) is 28.8 Å². The number of carbonyl (C=O) groups excluding carboxylic acids is 3. The third-order valence-electron chi connectivity index (χ3n) is 6.46. The Balaban J connectivity index is 1.53. The highest BCUT2D eigenvalue weighted by atomic mass is 32.2. The fourth-order valence-electron chi connectivity index (χ4n) is 4.58. The Kier molecular flexibility index (Phi) is 10.4. The number of nitrogens with zero attached hydrogens (tertiary/aromatic N) is 1. The Labute approximate surface area is 236 Å². The van der Waals surface area contributed by atoms with Gasteiger partial charge < -0.3 is 15.4 Å². The molecule has 2 aromatic carbocycles. The van der Waals surface area contributed by atoms with Gasteiger partial charge in [0.25, 0.3) is 0 Å². The first-order valence-electron chi connectivity index (χ1n) is 12.9. The van der Waals surface area contributed by atoms with E-state index < -0.39 is 11.9 Å². The standard InChI is InChI=1S/C29H32FN3O4S2/c1-37-24-10-5-9-23(17-24)33(27(35)19-38-18-26(34)31-22-14-12-20(30)13-15-22)28(25-11-6-16-39-25)29(36)32-21-7-3-2-4-8-21/h5-6,9-17,21,28H,2-4,7-8,18-19H2,1H3,(H,31,34)(H,32,36)/t28-/m0/s1. The summed E-state index contributed by atoms with van der Waals surface area (Å²) in [5, 5.41) is 7.78. The van der Waals surface area contributed by atoms with Gasteiger partial charge in [0.1, 0.15) is 17.6 Å². The van der Waals surface area contributed by atoms with Crippen molar-refractivity contribution >= 4 is 52.2 Å². The lowest BCUT2D eigenvalue weighted by atomic mass is 9.95. The van der Waals surface area contributed by atoms with Crippen molar-refractivity contribution < 1.29 is 23.5 Å². The van der Waals surface area contributed by atoms with E-state index in [2.05, 4.69) is 10.6 Å². The van der Waals surface area contributed by atoms with Gasteiger partial charge in [-0.25, -0.2) is 4.39 Å². The lowest BCUT2D eigenvalue weighted by Gasteiger charge is -2.33. The van der Waals surface area contributed by atoms with Crippen molar-refractivity contribution in [3.8, 4) is 5.75 Å². The minimum absolute atomic E-state index is 0.0208. The van der Waals surface area contributed by atoms with Crippen LogP contribution in [0.25, 0.3) is 0 Å². The minimum Gasteiger partial charge on any atom is -0.497 e. The van der Waals surface area contributed by atoms with Gasteiger partial charge in [0.05, 0.1) is 18.6 Å². The van der Waals surface area contributed by atoms with E-state index in [9.17, 15) is 18.8 Å². The number of rotatable bonds is 11. The summed E-state index contributed by atoms with van der Waals surface area (Å²) in [5.41, 5.74) is 1.01. The normalized spacial score (nSPS) is 14.3. The van der Waals surface area contributed by atoms with E-state index in [0.29, 0.717) is 17.1 Å². The molecule has 1 aliphatic carbocycles. The van der Waals surface area contributed by atoms with Crippen LogP contribution in [0.1, 0.15) is 43.0 Å². The average Bonchev–Trinajstić information content (AvgIpc) is 3.48. The number of ether oxygens (including phenoxy) is 1. The van der Waals surface area contributed by atoms with Crippen LogP contribution in [0, 0.1) is 5.82 Å². The van der Waals surface area contributed by atoms with Gasteiger partial charge in [-0.15, -0.1) is 23.1 Å². The molecule has 7 nitrogen and oxygen atoms in total. The molecule has 3 amide bonds. The molecule has 1 heterocycles. The number of hydrogen-bond donors (Lipinski definition) is 2. The zero-order valence-electron chi connectivity index (χ0n) is 21.7. The van der Waals surface area contributed by atoms with E-state index >= 15 is 0 Å². The molecule has 0 saturated heterocycles. The van der Waals surface area contributed by atoms with Gasteiger partial charge in [0.2, 0.25) is 17.7 Å². The molecule has 3 aromatic rings. The predicted octanol–water partition coefficient (Wildman–Crippen LogP) is 5.79. The molecule has 4 rings (SSSR count). The topological polar surface area (TPSA) is 87.7 Å². The number of carbonyl (C=O) groups is 3. The number of nitrogens with one attached hydrogen (secondary N) is 2. The Morgan fingerprint density at radius 1 is 1.05 bits per heavy atom. The van der Waals surface area contributed by atoms with E-state index in [1.807, 2.05) is 17.5 Å². The number of anilines is 2. The van der Waals surface area contributed by atoms with Crippen molar-refractivity contribution in [1.29, 1.82) is 0 Å². The zero-order chi connectivity index (χ0) is 27.6. The summed E-state index contributed by atoms with van der Waals surface area (Å²) in [7, 11) is 1.55. The fourth-order valence-corrected chi connectivity index (χ4v) is 6.06. The van der Waals surface area contributed by atoms with Gasteiger partial charge in [0.15, 0.2) is 0 Å². The van der Waals surface area contributed by atoms with E-state index in [4.69, 9.17) is 4.74 Å². The Bertz CT molecular complexity index is 1250. The van der Waals surface area contributed by atoms with Crippen LogP contribution < -0.4 is 20.3 Å². The van der Waals surface area contributed by atoms with Crippen molar-refractivity contribution in [2.45, 2.75) is 44.2 Å². The van der Waals surface area contributed by atoms with Gasteiger partial charge in [-0.05, 0) is 60.7 Å². The molecule has 0 bridgehead atoms.